The van der Waals surface area contributed by atoms with Crippen molar-refractivity contribution in [3.63, 3.8) is 0 Å². The van der Waals surface area contributed by atoms with Gasteiger partial charge in [0.15, 0.2) is 23.3 Å². The van der Waals surface area contributed by atoms with Crippen molar-refractivity contribution in [2.45, 2.75) is 57.7 Å². The highest BCUT2D eigenvalue weighted by molar-refractivity contribution is 6.30. The Labute approximate surface area is 239 Å². The van der Waals surface area contributed by atoms with Gasteiger partial charge in [0, 0.05) is 36.3 Å². The Bertz CT molecular complexity index is 1310. The lowest BCUT2D eigenvalue weighted by atomic mass is 9.81. The first kappa shape index (κ1) is 28.2. The maximum absolute atomic E-state index is 11.5. The minimum atomic E-state index is -0.673. The summed E-state index contributed by atoms with van der Waals surface area (Å²) in [6.07, 6.45) is 5.35. The standard InChI is InChI=1S/C31H37ClN2O6/c1-39-28-16-21(4-11-27(28)40-15-14-34-29(35)12-13-30(34)36)19-33(18-20-2-5-22(6-3-20)31(37)38)26-10-7-23-17-24(32)8-9-25(23)26/h4,8-9,11-13,16-17,20,22,26,35-36H,2-3,5-7,10,14-15,18-19H2,1H3,(H,37,38)/t20?,22?,26-/m1/s1. The van der Waals surface area contributed by atoms with Crippen LogP contribution < -0.4 is 9.47 Å². The Morgan fingerprint density at radius 2 is 1.75 bits per heavy atom. The third-order valence-corrected chi connectivity index (χ3v) is 8.64. The van der Waals surface area contributed by atoms with Crippen molar-refractivity contribution in [1.29, 1.82) is 0 Å². The molecule has 1 aromatic heterocycles. The molecule has 9 heteroatoms. The SMILES string of the molecule is COc1cc(CN(CC2CCC(C(=O)O)CC2)[C@@H]2CCc3cc(Cl)ccc32)ccc1OCCn1c(O)ccc1O. The van der Waals surface area contributed by atoms with E-state index in [1.165, 1.54) is 27.8 Å². The molecule has 3 N–H and O–H groups in total. The summed E-state index contributed by atoms with van der Waals surface area (Å²) in [6.45, 7) is 2.17. The van der Waals surface area contributed by atoms with Crippen molar-refractivity contribution in [2.75, 3.05) is 20.3 Å². The number of aromatic hydroxyl groups is 2. The number of benzene rings is 2. The molecule has 0 aliphatic heterocycles. The van der Waals surface area contributed by atoms with Crippen molar-refractivity contribution in [2.24, 2.45) is 11.8 Å². The Kier molecular flexibility index (Phi) is 8.76. The van der Waals surface area contributed by atoms with E-state index in [1.54, 1.807) is 7.11 Å². The number of carboxylic acids is 1. The maximum Gasteiger partial charge on any atom is 0.306 e. The molecule has 2 aliphatic rings. The third-order valence-electron chi connectivity index (χ3n) is 8.40. The van der Waals surface area contributed by atoms with Crippen molar-refractivity contribution in [3.8, 4) is 23.3 Å². The molecule has 214 valence electrons. The van der Waals surface area contributed by atoms with E-state index in [4.69, 9.17) is 21.1 Å². The van der Waals surface area contributed by atoms with E-state index in [9.17, 15) is 20.1 Å². The van der Waals surface area contributed by atoms with E-state index in [0.29, 0.717) is 24.0 Å². The normalized spacial score (nSPS) is 20.4. The Morgan fingerprint density at radius 1 is 1.00 bits per heavy atom. The predicted octanol–water partition coefficient (Wildman–Crippen LogP) is 6.02. The third kappa shape index (κ3) is 6.34. The minimum Gasteiger partial charge on any atom is -0.494 e. The lowest BCUT2D eigenvalue weighted by molar-refractivity contribution is -0.143. The van der Waals surface area contributed by atoms with Crippen LogP contribution in [0.1, 0.15) is 54.8 Å². The lowest BCUT2D eigenvalue weighted by Gasteiger charge is -2.35. The molecular formula is C31H37ClN2O6. The van der Waals surface area contributed by atoms with Crippen molar-refractivity contribution in [1.82, 2.24) is 9.47 Å². The average molecular weight is 569 g/mol. The topological polar surface area (TPSA) is 104 Å². The van der Waals surface area contributed by atoms with Gasteiger partial charge < -0.3 is 24.8 Å². The molecule has 8 nitrogen and oxygen atoms in total. The number of aromatic nitrogens is 1. The molecule has 2 aromatic carbocycles. The number of fused-ring (bicyclic) bond motifs is 1. The van der Waals surface area contributed by atoms with Gasteiger partial charge in [-0.1, -0.05) is 23.7 Å². The molecule has 1 heterocycles. The Morgan fingerprint density at radius 3 is 2.45 bits per heavy atom. The average Bonchev–Trinajstić information content (AvgIpc) is 3.51. The summed E-state index contributed by atoms with van der Waals surface area (Å²) in [4.78, 5) is 14.0. The molecular weight excluding hydrogens is 532 g/mol. The number of hydrogen-bond donors (Lipinski definition) is 3. The Balaban J connectivity index is 1.31. The number of halogens is 1. The predicted molar refractivity (Wildman–Crippen MR) is 152 cm³/mol. The van der Waals surface area contributed by atoms with Gasteiger partial charge in [0.05, 0.1) is 19.6 Å². The second kappa shape index (κ2) is 12.4. The first-order chi connectivity index (χ1) is 19.3. The number of aryl methyl sites for hydroxylation is 1. The van der Waals surface area contributed by atoms with Crippen LogP contribution in [0.15, 0.2) is 48.5 Å². The van der Waals surface area contributed by atoms with Crippen LogP contribution in [-0.4, -0.2) is 51.0 Å². The molecule has 40 heavy (non-hydrogen) atoms. The van der Waals surface area contributed by atoms with Crippen LogP contribution in [0.3, 0.4) is 0 Å². The van der Waals surface area contributed by atoms with Crippen molar-refractivity contribution in [3.05, 3.63) is 70.2 Å². The van der Waals surface area contributed by atoms with Gasteiger partial charge in [-0.25, -0.2) is 0 Å². The number of ether oxygens (including phenoxy) is 2. The summed E-state index contributed by atoms with van der Waals surface area (Å²) < 4.78 is 13.0. The van der Waals surface area contributed by atoms with E-state index in [0.717, 1.165) is 62.2 Å². The Hall–Kier alpha value is -3.36. The van der Waals surface area contributed by atoms with Gasteiger partial charge in [-0.3, -0.25) is 14.3 Å². The number of hydrogen-bond acceptors (Lipinski definition) is 6. The van der Waals surface area contributed by atoms with E-state index >= 15 is 0 Å². The summed E-state index contributed by atoms with van der Waals surface area (Å²) in [5.74, 6) is 0.745. The molecule has 0 amide bonds. The number of nitrogens with zero attached hydrogens (tertiary/aromatic N) is 2. The van der Waals surface area contributed by atoms with Crippen molar-refractivity contribution < 1.29 is 29.6 Å². The first-order valence-corrected chi connectivity index (χ1v) is 14.3. The van der Waals surface area contributed by atoms with Gasteiger partial charge in [-0.15, -0.1) is 0 Å². The maximum atomic E-state index is 11.5. The molecule has 2 aliphatic carbocycles. The van der Waals surface area contributed by atoms with E-state index in [1.807, 2.05) is 18.2 Å². The van der Waals surface area contributed by atoms with Crippen LogP contribution >= 0.6 is 11.6 Å². The lowest BCUT2D eigenvalue weighted by Crippen LogP contribution is -2.34. The highest BCUT2D eigenvalue weighted by Crippen LogP contribution is 2.40. The minimum absolute atomic E-state index is 0.0179. The highest BCUT2D eigenvalue weighted by Gasteiger charge is 2.32. The number of methoxy groups -OCH3 is 1. The molecule has 3 aromatic rings. The van der Waals surface area contributed by atoms with Crippen LogP contribution in [0, 0.1) is 11.8 Å². The zero-order valence-electron chi connectivity index (χ0n) is 22.8. The number of carboxylic acid groups (broad SMARTS) is 1. The zero-order valence-corrected chi connectivity index (χ0v) is 23.5. The van der Waals surface area contributed by atoms with Gasteiger partial charge in [-0.2, -0.15) is 0 Å². The number of aliphatic carboxylic acids is 1. The summed E-state index contributed by atoms with van der Waals surface area (Å²) in [7, 11) is 1.62. The number of carbonyl (C=O) groups is 1. The van der Waals surface area contributed by atoms with E-state index in [2.05, 4.69) is 23.1 Å². The molecule has 1 atom stereocenters. The van der Waals surface area contributed by atoms with Crippen LogP contribution in [0.2, 0.25) is 5.02 Å². The summed E-state index contributed by atoms with van der Waals surface area (Å²) in [5.41, 5.74) is 3.73. The molecule has 0 bridgehead atoms. The smallest absolute Gasteiger partial charge is 0.306 e. The summed E-state index contributed by atoms with van der Waals surface area (Å²) >= 11 is 6.29. The molecule has 1 fully saturated rings. The van der Waals surface area contributed by atoms with Crippen LogP contribution in [-0.2, 0) is 24.3 Å². The molecule has 0 spiro atoms. The second-order valence-corrected chi connectivity index (χ2v) is 11.4. The van der Waals surface area contributed by atoms with Crippen LogP contribution in [0.5, 0.6) is 23.3 Å². The molecule has 0 saturated heterocycles. The van der Waals surface area contributed by atoms with Gasteiger partial charge in [0.1, 0.15) is 6.61 Å². The first-order valence-electron chi connectivity index (χ1n) is 13.9. The summed E-state index contributed by atoms with van der Waals surface area (Å²) in [5, 5.41) is 29.9. The second-order valence-electron chi connectivity index (χ2n) is 10.9. The molecule has 5 rings (SSSR count). The monoisotopic (exact) mass is 568 g/mol. The quantitative estimate of drug-likeness (QED) is 0.260. The fourth-order valence-corrected chi connectivity index (χ4v) is 6.45. The number of rotatable bonds is 11. The summed E-state index contributed by atoms with van der Waals surface area (Å²) in [6, 6.07) is 15.3. The van der Waals surface area contributed by atoms with E-state index in [-0.39, 0.29) is 30.3 Å². The van der Waals surface area contributed by atoms with Gasteiger partial charge in [0.2, 0.25) is 0 Å². The van der Waals surface area contributed by atoms with Gasteiger partial charge in [-0.05, 0) is 85.4 Å². The van der Waals surface area contributed by atoms with E-state index < -0.39 is 5.97 Å². The fourth-order valence-electron chi connectivity index (χ4n) is 6.25. The van der Waals surface area contributed by atoms with Crippen LogP contribution in [0.4, 0.5) is 0 Å². The van der Waals surface area contributed by atoms with Gasteiger partial charge in [0.25, 0.3) is 0 Å². The molecule has 0 unspecified atom stereocenters. The van der Waals surface area contributed by atoms with Gasteiger partial charge >= 0.3 is 5.97 Å². The fraction of sp³-hybridized carbons (Fsp3) is 0.452. The zero-order chi connectivity index (χ0) is 28.2. The molecule has 1 saturated carbocycles. The highest BCUT2D eigenvalue weighted by atomic mass is 35.5. The van der Waals surface area contributed by atoms with Crippen molar-refractivity contribution >= 4 is 17.6 Å². The largest absolute Gasteiger partial charge is 0.494 e. The van der Waals surface area contributed by atoms with Crippen LogP contribution in [0.25, 0.3) is 0 Å². The molecule has 0 radical (unpaired) electrons.